The van der Waals surface area contributed by atoms with Gasteiger partial charge in [-0.3, -0.25) is 9.78 Å². The van der Waals surface area contributed by atoms with Crippen LogP contribution in [0.2, 0.25) is 0 Å². The number of nitrogens with one attached hydrogen (secondary N) is 1. The van der Waals surface area contributed by atoms with Crippen LogP contribution in [0.25, 0.3) is 11.3 Å². The molecule has 2 aromatic rings. The second kappa shape index (κ2) is 8.82. The van der Waals surface area contributed by atoms with Crippen molar-refractivity contribution in [3.63, 3.8) is 0 Å². The summed E-state index contributed by atoms with van der Waals surface area (Å²) in [6.07, 6.45) is 3.80. The topological polar surface area (TPSA) is 68.0 Å². The van der Waals surface area contributed by atoms with Crippen molar-refractivity contribution in [2.75, 3.05) is 13.6 Å². The van der Waals surface area contributed by atoms with Crippen LogP contribution in [0.15, 0.2) is 30.3 Å². The summed E-state index contributed by atoms with van der Waals surface area (Å²) >= 11 is 0. The van der Waals surface area contributed by atoms with Crippen LogP contribution in [-0.4, -0.2) is 24.5 Å². The van der Waals surface area contributed by atoms with E-state index in [1.165, 1.54) is 25.0 Å². The van der Waals surface area contributed by atoms with Crippen LogP contribution in [0.5, 0.6) is 0 Å². The van der Waals surface area contributed by atoms with E-state index in [1.807, 2.05) is 14.0 Å². The number of carbonyl (C=O) groups excluding carboxylic acids is 1. The van der Waals surface area contributed by atoms with Crippen LogP contribution in [0.4, 0.5) is 4.39 Å². The molecule has 28 heavy (non-hydrogen) atoms. The first-order chi connectivity index (χ1) is 13.5. The predicted octanol–water partition coefficient (Wildman–Crippen LogP) is 4.14. The highest BCUT2D eigenvalue weighted by atomic mass is 19.1. The number of pyridine rings is 1. The smallest absolute Gasteiger partial charge is 0.224 e. The average molecular weight is 384 g/mol. The molecule has 5 heteroatoms. The van der Waals surface area contributed by atoms with E-state index >= 15 is 0 Å². The standard InChI is InChI=1S/C23H30FN3O/c1-4-17-19(18(5-2)23(25)28)12-21(20(13-26-3)14-6-7-14)27-22(17)15-8-10-16(24)11-9-15/h8-12,14,18,20,26H,4-7,13H2,1-3H3,(H2,25,28). The summed E-state index contributed by atoms with van der Waals surface area (Å²) in [4.78, 5) is 17.2. The van der Waals surface area contributed by atoms with Crippen molar-refractivity contribution in [2.45, 2.75) is 51.4 Å². The molecule has 2 atom stereocenters. The monoisotopic (exact) mass is 383 g/mol. The lowest BCUT2D eigenvalue weighted by molar-refractivity contribution is -0.119. The van der Waals surface area contributed by atoms with Gasteiger partial charge in [0, 0.05) is 23.7 Å². The lowest BCUT2D eigenvalue weighted by Crippen LogP contribution is -2.24. The highest BCUT2D eigenvalue weighted by molar-refractivity contribution is 5.83. The van der Waals surface area contributed by atoms with Crippen molar-refractivity contribution in [1.82, 2.24) is 10.3 Å². The molecule has 4 nitrogen and oxygen atoms in total. The Morgan fingerprint density at radius 3 is 2.46 bits per heavy atom. The van der Waals surface area contributed by atoms with E-state index < -0.39 is 0 Å². The number of carbonyl (C=O) groups is 1. The van der Waals surface area contributed by atoms with Crippen molar-refractivity contribution in [1.29, 1.82) is 0 Å². The molecule has 1 aliphatic carbocycles. The fraction of sp³-hybridized carbons (Fsp3) is 0.478. The van der Waals surface area contributed by atoms with Gasteiger partial charge in [0.15, 0.2) is 0 Å². The van der Waals surface area contributed by atoms with E-state index in [-0.39, 0.29) is 17.6 Å². The summed E-state index contributed by atoms with van der Waals surface area (Å²) in [6, 6.07) is 8.55. The van der Waals surface area contributed by atoms with Gasteiger partial charge in [0.25, 0.3) is 0 Å². The summed E-state index contributed by atoms with van der Waals surface area (Å²) in [6.45, 7) is 4.89. The zero-order chi connectivity index (χ0) is 20.3. The molecule has 1 aliphatic rings. The number of rotatable bonds is 9. The van der Waals surface area contributed by atoms with Gasteiger partial charge in [0.05, 0.1) is 11.6 Å². The molecule has 1 amide bonds. The van der Waals surface area contributed by atoms with Gasteiger partial charge >= 0.3 is 0 Å². The number of benzene rings is 1. The Labute approximate surface area is 166 Å². The largest absolute Gasteiger partial charge is 0.369 e. The van der Waals surface area contributed by atoms with Crippen LogP contribution < -0.4 is 11.1 Å². The first-order valence-electron chi connectivity index (χ1n) is 10.2. The molecule has 1 aromatic carbocycles. The lowest BCUT2D eigenvalue weighted by Gasteiger charge is -2.23. The van der Waals surface area contributed by atoms with Gasteiger partial charge in [-0.15, -0.1) is 0 Å². The SMILES string of the molecule is CCc1c(C(CC)C(N)=O)cc(C(CNC)C2CC2)nc1-c1ccc(F)cc1. The van der Waals surface area contributed by atoms with Gasteiger partial charge in [-0.25, -0.2) is 4.39 Å². The van der Waals surface area contributed by atoms with Crippen LogP contribution in [0, 0.1) is 11.7 Å². The molecule has 0 bridgehead atoms. The van der Waals surface area contributed by atoms with E-state index in [2.05, 4.69) is 18.3 Å². The predicted molar refractivity (Wildman–Crippen MR) is 111 cm³/mol. The Morgan fingerprint density at radius 1 is 1.29 bits per heavy atom. The van der Waals surface area contributed by atoms with E-state index in [0.29, 0.717) is 18.3 Å². The molecule has 0 radical (unpaired) electrons. The first-order valence-corrected chi connectivity index (χ1v) is 10.2. The third-order valence-electron chi connectivity index (χ3n) is 5.77. The Balaban J connectivity index is 2.22. The third kappa shape index (κ3) is 4.25. The summed E-state index contributed by atoms with van der Waals surface area (Å²) in [5.41, 5.74) is 10.5. The minimum atomic E-state index is -0.342. The normalized spacial score (nSPS) is 16.0. The summed E-state index contributed by atoms with van der Waals surface area (Å²) < 4.78 is 13.5. The summed E-state index contributed by atoms with van der Waals surface area (Å²) in [5.74, 6) is 0.00311. The summed E-state index contributed by atoms with van der Waals surface area (Å²) in [7, 11) is 1.95. The number of amides is 1. The molecule has 1 fully saturated rings. The Bertz CT molecular complexity index is 830. The maximum Gasteiger partial charge on any atom is 0.224 e. The second-order valence-electron chi connectivity index (χ2n) is 7.69. The van der Waals surface area contributed by atoms with Crippen molar-refractivity contribution in [3.8, 4) is 11.3 Å². The van der Waals surface area contributed by atoms with Gasteiger partial charge in [0.2, 0.25) is 5.91 Å². The van der Waals surface area contributed by atoms with Crippen LogP contribution in [-0.2, 0) is 11.2 Å². The van der Waals surface area contributed by atoms with Crippen molar-refractivity contribution < 1.29 is 9.18 Å². The number of nitrogens with zero attached hydrogens (tertiary/aromatic N) is 1. The molecule has 0 aliphatic heterocycles. The highest BCUT2D eigenvalue weighted by Gasteiger charge is 2.34. The highest BCUT2D eigenvalue weighted by Crippen LogP contribution is 2.43. The molecular formula is C23H30FN3O. The van der Waals surface area contributed by atoms with Crippen molar-refractivity contribution in [2.24, 2.45) is 11.7 Å². The van der Waals surface area contributed by atoms with E-state index in [4.69, 9.17) is 10.7 Å². The average Bonchev–Trinajstić information content (AvgIpc) is 3.51. The van der Waals surface area contributed by atoms with Crippen molar-refractivity contribution >= 4 is 5.91 Å². The molecule has 0 spiro atoms. The van der Waals surface area contributed by atoms with E-state index in [1.54, 1.807) is 12.1 Å². The molecule has 1 saturated carbocycles. The molecule has 0 saturated heterocycles. The molecule has 3 rings (SSSR count). The van der Waals surface area contributed by atoms with Crippen molar-refractivity contribution in [3.05, 3.63) is 53.0 Å². The lowest BCUT2D eigenvalue weighted by atomic mass is 9.85. The zero-order valence-corrected chi connectivity index (χ0v) is 17.0. The second-order valence-corrected chi connectivity index (χ2v) is 7.69. The van der Waals surface area contributed by atoms with Gasteiger partial charge < -0.3 is 11.1 Å². The Morgan fingerprint density at radius 2 is 1.96 bits per heavy atom. The van der Waals surface area contributed by atoms with Gasteiger partial charge in [0.1, 0.15) is 5.82 Å². The number of hydrogen-bond donors (Lipinski definition) is 2. The minimum absolute atomic E-state index is 0.271. The molecule has 1 heterocycles. The number of hydrogen-bond acceptors (Lipinski definition) is 3. The van der Waals surface area contributed by atoms with Gasteiger partial charge in [-0.2, -0.15) is 0 Å². The fourth-order valence-corrected chi connectivity index (χ4v) is 4.14. The zero-order valence-electron chi connectivity index (χ0n) is 17.0. The van der Waals surface area contributed by atoms with Crippen LogP contribution in [0.1, 0.15) is 61.8 Å². The van der Waals surface area contributed by atoms with Gasteiger partial charge in [-0.05, 0) is 80.1 Å². The first kappa shape index (κ1) is 20.5. The quantitative estimate of drug-likeness (QED) is 0.684. The van der Waals surface area contributed by atoms with Gasteiger partial charge in [-0.1, -0.05) is 13.8 Å². The van der Waals surface area contributed by atoms with Crippen LogP contribution in [0.3, 0.4) is 0 Å². The Hall–Kier alpha value is -2.27. The van der Waals surface area contributed by atoms with Crippen LogP contribution >= 0.6 is 0 Å². The third-order valence-corrected chi connectivity index (χ3v) is 5.77. The van der Waals surface area contributed by atoms with E-state index in [0.717, 1.165) is 41.0 Å². The number of halogens is 1. The molecule has 150 valence electrons. The van der Waals surface area contributed by atoms with E-state index in [9.17, 15) is 9.18 Å². The summed E-state index contributed by atoms with van der Waals surface area (Å²) in [5, 5.41) is 3.29. The molecular weight excluding hydrogens is 353 g/mol. The fourth-order valence-electron chi connectivity index (χ4n) is 4.14. The molecule has 3 N–H and O–H groups in total. The maximum atomic E-state index is 13.5. The number of primary amides is 1. The Kier molecular flexibility index (Phi) is 6.45. The number of likely N-dealkylation sites (N-methyl/N-ethyl adjacent to an activating group) is 1. The maximum absolute atomic E-state index is 13.5. The minimum Gasteiger partial charge on any atom is -0.369 e. The molecule has 1 aromatic heterocycles. The number of nitrogens with two attached hydrogens (primary N) is 1. The number of aromatic nitrogens is 1. The molecule has 2 unspecified atom stereocenters.